The Balaban J connectivity index is 2.99. The van der Waals surface area contributed by atoms with Gasteiger partial charge >= 0.3 is 0 Å². The molecule has 1 aromatic heterocycles. The minimum Gasteiger partial charge on any atom is -0.368 e. The lowest BCUT2D eigenvalue weighted by Gasteiger charge is -2.25. The van der Waals surface area contributed by atoms with Crippen molar-refractivity contribution in [2.45, 2.75) is 13.0 Å². The maximum atomic E-state index is 5.88. The van der Waals surface area contributed by atoms with Gasteiger partial charge < -0.3 is 10.6 Å². The average Bonchev–Trinajstić information content (AvgIpc) is 2.19. The van der Waals surface area contributed by atoms with Crippen molar-refractivity contribution in [2.75, 3.05) is 18.5 Å². The minimum absolute atomic E-state index is 0.174. The summed E-state index contributed by atoms with van der Waals surface area (Å²) in [6.07, 6.45) is 0. The lowest BCUT2D eigenvalue weighted by molar-refractivity contribution is 0.693. The van der Waals surface area contributed by atoms with Gasteiger partial charge in [-0.15, -0.1) is 10.2 Å². The molecule has 0 fully saturated rings. The van der Waals surface area contributed by atoms with E-state index in [1.54, 1.807) is 6.07 Å². The van der Waals surface area contributed by atoms with Gasteiger partial charge in [-0.25, -0.2) is 0 Å². The van der Waals surface area contributed by atoms with Crippen molar-refractivity contribution < 1.29 is 0 Å². The van der Waals surface area contributed by atoms with Crippen LogP contribution in [0.5, 0.6) is 0 Å². The van der Waals surface area contributed by atoms with E-state index in [0.29, 0.717) is 16.9 Å². The first kappa shape index (κ1) is 11.5. The number of nitrogens with two attached hydrogens (primary N) is 1. The molecule has 0 saturated carbocycles. The predicted octanol–water partition coefficient (Wildman–Crippen LogP) is 1.57. The molecule has 0 aromatic carbocycles. The second-order valence-electron chi connectivity index (χ2n) is 3.04. The Kier molecular flexibility index (Phi) is 3.92. The Labute approximate surface area is 93.0 Å². The normalized spacial score (nSPS) is 12.6. The summed E-state index contributed by atoms with van der Waals surface area (Å²) in [6, 6.07) is 1.84. The Bertz CT molecular complexity index is 318. The smallest absolute Gasteiger partial charge is 0.175 e. The fourth-order valence-electron chi connectivity index (χ4n) is 0.987. The molecule has 0 spiro atoms. The van der Waals surface area contributed by atoms with Crippen molar-refractivity contribution in [2.24, 2.45) is 5.73 Å². The summed E-state index contributed by atoms with van der Waals surface area (Å²) in [7, 11) is 1.89. The van der Waals surface area contributed by atoms with E-state index in [2.05, 4.69) is 10.2 Å². The summed E-state index contributed by atoms with van der Waals surface area (Å²) in [5.74, 6) is 0. The predicted molar refractivity (Wildman–Crippen MR) is 59.0 cm³/mol. The molecule has 0 amide bonds. The molecule has 6 heteroatoms. The standard InChI is InChI=1S/C8H12Cl2N4/c1-5(4-11)14(2)6-3-7(9)12-13-8(6)10/h3,5H,4,11H2,1-2H3. The average molecular weight is 235 g/mol. The van der Waals surface area contributed by atoms with Gasteiger partial charge in [0.15, 0.2) is 10.3 Å². The SMILES string of the molecule is CC(CN)N(C)c1cc(Cl)nnc1Cl. The third kappa shape index (κ3) is 2.47. The summed E-state index contributed by atoms with van der Waals surface area (Å²) < 4.78 is 0. The van der Waals surface area contributed by atoms with Crippen LogP contribution in [-0.2, 0) is 0 Å². The molecular weight excluding hydrogens is 223 g/mol. The summed E-state index contributed by atoms with van der Waals surface area (Å²) in [4.78, 5) is 1.92. The summed E-state index contributed by atoms with van der Waals surface area (Å²) in [5, 5.41) is 8.00. The van der Waals surface area contributed by atoms with Crippen LogP contribution in [0.4, 0.5) is 5.69 Å². The number of likely N-dealkylation sites (N-methyl/N-ethyl adjacent to an activating group) is 1. The molecule has 0 saturated heterocycles. The number of halogens is 2. The second-order valence-corrected chi connectivity index (χ2v) is 3.78. The molecular formula is C8H12Cl2N4. The van der Waals surface area contributed by atoms with Crippen LogP contribution in [0.3, 0.4) is 0 Å². The molecule has 0 aliphatic heterocycles. The number of aromatic nitrogens is 2. The van der Waals surface area contributed by atoms with Gasteiger partial charge in [-0.2, -0.15) is 0 Å². The fraction of sp³-hybridized carbons (Fsp3) is 0.500. The third-order valence-corrected chi connectivity index (χ3v) is 2.54. The largest absolute Gasteiger partial charge is 0.368 e. The fourth-order valence-corrected chi connectivity index (χ4v) is 1.35. The number of nitrogens with zero attached hydrogens (tertiary/aromatic N) is 3. The second kappa shape index (κ2) is 4.77. The molecule has 1 heterocycles. The van der Waals surface area contributed by atoms with E-state index in [1.807, 2.05) is 18.9 Å². The molecule has 78 valence electrons. The number of rotatable bonds is 3. The van der Waals surface area contributed by atoms with Gasteiger partial charge in [0.1, 0.15) is 0 Å². The highest BCUT2D eigenvalue weighted by Crippen LogP contribution is 2.25. The zero-order valence-corrected chi connectivity index (χ0v) is 9.55. The molecule has 0 aliphatic carbocycles. The molecule has 0 bridgehead atoms. The molecule has 2 N–H and O–H groups in total. The van der Waals surface area contributed by atoms with Gasteiger partial charge in [-0.3, -0.25) is 0 Å². The summed E-state index contributed by atoms with van der Waals surface area (Å²) in [6.45, 7) is 2.53. The number of hydrogen-bond acceptors (Lipinski definition) is 4. The number of anilines is 1. The van der Waals surface area contributed by atoms with Gasteiger partial charge in [0, 0.05) is 25.7 Å². The van der Waals surface area contributed by atoms with E-state index < -0.39 is 0 Å². The minimum atomic E-state index is 0.174. The van der Waals surface area contributed by atoms with E-state index in [4.69, 9.17) is 28.9 Å². The van der Waals surface area contributed by atoms with Gasteiger partial charge in [-0.05, 0) is 6.92 Å². The van der Waals surface area contributed by atoms with E-state index in [9.17, 15) is 0 Å². The van der Waals surface area contributed by atoms with Crippen LogP contribution < -0.4 is 10.6 Å². The maximum absolute atomic E-state index is 5.88. The van der Waals surface area contributed by atoms with E-state index in [1.165, 1.54) is 0 Å². The first-order chi connectivity index (χ1) is 6.56. The zero-order chi connectivity index (χ0) is 10.7. The molecule has 1 unspecified atom stereocenters. The Hall–Kier alpha value is -0.580. The molecule has 14 heavy (non-hydrogen) atoms. The van der Waals surface area contributed by atoms with Crippen LogP contribution in [0.25, 0.3) is 0 Å². The highest BCUT2D eigenvalue weighted by molar-refractivity contribution is 6.33. The van der Waals surface area contributed by atoms with Crippen LogP contribution in [0.1, 0.15) is 6.92 Å². The van der Waals surface area contributed by atoms with E-state index >= 15 is 0 Å². The summed E-state index contributed by atoms with van der Waals surface area (Å²) in [5.41, 5.74) is 6.29. The monoisotopic (exact) mass is 234 g/mol. The van der Waals surface area contributed by atoms with Crippen LogP contribution in [0.15, 0.2) is 6.07 Å². The maximum Gasteiger partial charge on any atom is 0.175 e. The van der Waals surface area contributed by atoms with Crippen molar-refractivity contribution in [3.05, 3.63) is 16.4 Å². The van der Waals surface area contributed by atoms with Crippen molar-refractivity contribution in [3.63, 3.8) is 0 Å². The highest BCUT2D eigenvalue weighted by Gasteiger charge is 2.13. The first-order valence-corrected chi connectivity index (χ1v) is 4.93. The van der Waals surface area contributed by atoms with Crippen molar-refractivity contribution in [1.29, 1.82) is 0 Å². The van der Waals surface area contributed by atoms with Gasteiger partial charge in [0.2, 0.25) is 0 Å². The third-order valence-electron chi connectivity index (χ3n) is 2.08. The lowest BCUT2D eigenvalue weighted by atomic mass is 10.3. The lowest BCUT2D eigenvalue weighted by Crippen LogP contribution is -2.35. The Morgan fingerprint density at radius 3 is 2.71 bits per heavy atom. The zero-order valence-electron chi connectivity index (χ0n) is 8.04. The molecule has 1 aromatic rings. The van der Waals surface area contributed by atoms with Gasteiger partial charge in [0.25, 0.3) is 0 Å². The van der Waals surface area contributed by atoms with Crippen molar-refractivity contribution in [1.82, 2.24) is 10.2 Å². The van der Waals surface area contributed by atoms with Crippen LogP contribution in [0.2, 0.25) is 10.3 Å². The quantitative estimate of drug-likeness (QED) is 0.863. The number of hydrogen-bond donors (Lipinski definition) is 1. The Morgan fingerprint density at radius 1 is 1.50 bits per heavy atom. The molecule has 1 atom stereocenters. The summed E-state index contributed by atoms with van der Waals surface area (Å²) >= 11 is 11.6. The van der Waals surface area contributed by atoms with Crippen molar-refractivity contribution in [3.8, 4) is 0 Å². The van der Waals surface area contributed by atoms with E-state index in [-0.39, 0.29) is 6.04 Å². The van der Waals surface area contributed by atoms with Crippen LogP contribution >= 0.6 is 23.2 Å². The molecule has 0 aliphatic rings. The molecule has 0 radical (unpaired) electrons. The molecule has 4 nitrogen and oxygen atoms in total. The molecule has 1 rings (SSSR count). The van der Waals surface area contributed by atoms with Gasteiger partial charge in [0.05, 0.1) is 5.69 Å². The first-order valence-electron chi connectivity index (χ1n) is 4.18. The van der Waals surface area contributed by atoms with Crippen LogP contribution in [-0.4, -0.2) is 29.8 Å². The van der Waals surface area contributed by atoms with E-state index in [0.717, 1.165) is 5.69 Å². The van der Waals surface area contributed by atoms with Gasteiger partial charge in [-0.1, -0.05) is 23.2 Å². The van der Waals surface area contributed by atoms with Crippen LogP contribution in [0, 0.1) is 0 Å². The Morgan fingerprint density at radius 2 is 2.14 bits per heavy atom. The highest BCUT2D eigenvalue weighted by atomic mass is 35.5. The topological polar surface area (TPSA) is 55.0 Å². The van der Waals surface area contributed by atoms with Crippen molar-refractivity contribution >= 4 is 28.9 Å².